The number of carbonyl (C=O) groups is 1. The number of aromatic nitrogens is 1. The summed E-state index contributed by atoms with van der Waals surface area (Å²) in [7, 11) is 0. The molecule has 0 saturated carbocycles. The number of primary amides is 1. The third kappa shape index (κ3) is 3.70. The third-order valence-electron chi connectivity index (χ3n) is 3.86. The maximum atomic E-state index is 11.1. The molecule has 0 radical (unpaired) electrons. The van der Waals surface area contributed by atoms with E-state index in [1.165, 1.54) is 12.8 Å². The van der Waals surface area contributed by atoms with Crippen LogP contribution in [0.5, 0.6) is 0 Å². The van der Waals surface area contributed by atoms with E-state index < -0.39 is 5.91 Å². The number of piperidine rings is 1. The van der Waals surface area contributed by atoms with Crippen LogP contribution in [0, 0.1) is 5.92 Å². The number of rotatable bonds is 5. The van der Waals surface area contributed by atoms with Crippen LogP contribution in [0.15, 0.2) is 18.3 Å². The van der Waals surface area contributed by atoms with Crippen molar-refractivity contribution >= 4 is 11.7 Å². The zero-order valence-corrected chi connectivity index (χ0v) is 12.3. The van der Waals surface area contributed by atoms with Crippen LogP contribution in [-0.2, 0) is 0 Å². The predicted octanol–water partition coefficient (Wildman–Crippen LogP) is 1.39. The summed E-state index contributed by atoms with van der Waals surface area (Å²) in [4.78, 5) is 17.8. The van der Waals surface area contributed by atoms with Crippen molar-refractivity contribution in [1.82, 2.24) is 10.3 Å². The summed E-state index contributed by atoms with van der Waals surface area (Å²) >= 11 is 0. The van der Waals surface area contributed by atoms with Gasteiger partial charge in [-0.25, -0.2) is 4.98 Å². The minimum Gasteiger partial charge on any atom is -0.366 e. The van der Waals surface area contributed by atoms with Gasteiger partial charge in [-0.2, -0.15) is 0 Å². The van der Waals surface area contributed by atoms with Crippen molar-refractivity contribution in [2.24, 2.45) is 11.7 Å². The molecule has 0 aliphatic carbocycles. The van der Waals surface area contributed by atoms with E-state index in [0.29, 0.717) is 17.5 Å². The molecule has 0 spiro atoms. The van der Waals surface area contributed by atoms with Gasteiger partial charge in [0.1, 0.15) is 5.82 Å². The molecule has 1 aromatic rings. The van der Waals surface area contributed by atoms with Gasteiger partial charge in [0.15, 0.2) is 0 Å². The summed E-state index contributed by atoms with van der Waals surface area (Å²) < 4.78 is 0. The molecule has 20 heavy (non-hydrogen) atoms. The highest BCUT2D eigenvalue weighted by Crippen LogP contribution is 2.20. The fraction of sp³-hybridized carbons (Fsp3) is 0.600. The molecule has 1 fully saturated rings. The fourth-order valence-corrected chi connectivity index (χ4v) is 2.61. The number of amides is 1. The van der Waals surface area contributed by atoms with Crippen LogP contribution in [0.4, 0.5) is 5.82 Å². The standard InChI is InChI=1S/C15H24N4O/c1-11(2)19(10-12-5-7-17-8-6-12)14-4-3-13(9-18-14)15(16)20/h3-4,9,11-12,17H,5-8,10H2,1-2H3,(H2,16,20). The first-order valence-electron chi connectivity index (χ1n) is 7.31. The van der Waals surface area contributed by atoms with E-state index in [1.807, 2.05) is 6.07 Å². The van der Waals surface area contributed by atoms with E-state index in [0.717, 1.165) is 25.5 Å². The molecule has 5 heteroatoms. The van der Waals surface area contributed by atoms with E-state index >= 15 is 0 Å². The zero-order valence-electron chi connectivity index (χ0n) is 12.3. The van der Waals surface area contributed by atoms with Gasteiger partial charge >= 0.3 is 0 Å². The minimum atomic E-state index is -0.432. The monoisotopic (exact) mass is 276 g/mol. The van der Waals surface area contributed by atoms with E-state index in [4.69, 9.17) is 5.73 Å². The second kappa shape index (κ2) is 6.70. The van der Waals surface area contributed by atoms with Gasteiger partial charge in [0.05, 0.1) is 5.56 Å². The van der Waals surface area contributed by atoms with Gasteiger partial charge in [-0.1, -0.05) is 0 Å². The number of hydrogen-bond donors (Lipinski definition) is 2. The fourth-order valence-electron chi connectivity index (χ4n) is 2.61. The second-order valence-electron chi connectivity index (χ2n) is 5.71. The van der Waals surface area contributed by atoms with Crippen molar-refractivity contribution in [3.8, 4) is 0 Å². The van der Waals surface area contributed by atoms with E-state index in [2.05, 4.69) is 29.0 Å². The number of nitrogens with one attached hydrogen (secondary N) is 1. The summed E-state index contributed by atoms with van der Waals surface area (Å²) in [5.74, 6) is 1.19. The Hall–Kier alpha value is -1.62. The molecule has 2 rings (SSSR count). The number of carbonyl (C=O) groups excluding carboxylic acids is 1. The lowest BCUT2D eigenvalue weighted by atomic mass is 9.97. The van der Waals surface area contributed by atoms with Crippen LogP contribution in [0.3, 0.4) is 0 Å². The molecule has 110 valence electrons. The molecular weight excluding hydrogens is 252 g/mol. The molecule has 0 aromatic carbocycles. The van der Waals surface area contributed by atoms with Gasteiger partial charge in [-0.15, -0.1) is 0 Å². The van der Waals surface area contributed by atoms with Crippen LogP contribution in [0.1, 0.15) is 37.0 Å². The van der Waals surface area contributed by atoms with Crippen LogP contribution >= 0.6 is 0 Å². The van der Waals surface area contributed by atoms with Crippen molar-refractivity contribution in [3.63, 3.8) is 0 Å². The molecule has 1 aliphatic heterocycles. The Bertz CT molecular complexity index is 438. The molecule has 0 bridgehead atoms. The lowest BCUT2D eigenvalue weighted by molar-refractivity contribution is 0.1000. The first kappa shape index (κ1) is 14.8. The third-order valence-corrected chi connectivity index (χ3v) is 3.86. The average Bonchev–Trinajstić information content (AvgIpc) is 2.45. The van der Waals surface area contributed by atoms with Gasteiger partial charge in [-0.3, -0.25) is 4.79 Å². The quantitative estimate of drug-likeness (QED) is 0.852. The molecule has 0 atom stereocenters. The first-order chi connectivity index (χ1) is 9.58. The van der Waals surface area contributed by atoms with Gasteiger partial charge in [0.2, 0.25) is 5.91 Å². The largest absolute Gasteiger partial charge is 0.366 e. The highest BCUT2D eigenvalue weighted by atomic mass is 16.1. The zero-order chi connectivity index (χ0) is 14.5. The lowest BCUT2D eigenvalue weighted by Crippen LogP contribution is -2.40. The Balaban J connectivity index is 2.09. The molecule has 0 unspecified atom stereocenters. The van der Waals surface area contributed by atoms with Crippen molar-refractivity contribution in [1.29, 1.82) is 0 Å². The summed E-state index contributed by atoms with van der Waals surface area (Å²) in [6, 6.07) is 4.03. The molecule has 3 N–H and O–H groups in total. The smallest absolute Gasteiger partial charge is 0.250 e. The minimum absolute atomic E-state index is 0.386. The van der Waals surface area contributed by atoms with Crippen molar-refractivity contribution in [2.45, 2.75) is 32.7 Å². The number of anilines is 1. The lowest BCUT2D eigenvalue weighted by Gasteiger charge is -2.33. The molecule has 1 aliphatic rings. The Kier molecular flexibility index (Phi) is 4.95. The summed E-state index contributed by atoms with van der Waals surface area (Å²) in [6.07, 6.45) is 3.99. The predicted molar refractivity (Wildman–Crippen MR) is 80.8 cm³/mol. The van der Waals surface area contributed by atoms with Crippen LogP contribution < -0.4 is 16.0 Å². The second-order valence-corrected chi connectivity index (χ2v) is 5.71. The summed E-state index contributed by atoms with van der Waals surface area (Å²) in [5.41, 5.74) is 5.71. The summed E-state index contributed by atoms with van der Waals surface area (Å²) in [6.45, 7) is 7.56. The number of hydrogen-bond acceptors (Lipinski definition) is 4. The van der Waals surface area contributed by atoms with Crippen LogP contribution in [0.2, 0.25) is 0 Å². The SMILES string of the molecule is CC(C)N(CC1CCNCC1)c1ccc(C(N)=O)cn1. The Morgan fingerprint density at radius 2 is 2.15 bits per heavy atom. The maximum absolute atomic E-state index is 11.1. The van der Waals surface area contributed by atoms with Crippen molar-refractivity contribution < 1.29 is 4.79 Å². The molecule has 1 aromatic heterocycles. The molecule has 5 nitrogen and oxygen atoms in total. The Labute approximate surface area is 120 Å². The van der Waals surface area contributed by atoms with Gasteiger partial charge in [0, 0.05) is 18.8 Å². The van der Waals surface area contributed by atoms with E-state index in [1.54, 1.807) is 12.3 Å². The average molecular weight is 276 g/mol. The van der Waals surface area contributed by atoms with Crippen LogP contribution in [0.25, 0.3) is 0 Å². The van der Waals surface area contributed by atoms with Gasteiger partial charge < -0.3 is 16.0 Å². The Morgan fingerprint density at radius 3 is 2.65 bits per heavy atom. The van der Waals surface area contributed by atoms with Gasteiger partial charge in [0.25, 0.3) is 0 Å². The van der Waals surface area contributed by atoms with Crippen LogP contribution in [-0.4, -0.2) is 36.6 Å². The number of nitrogens with zero attached hydrogens (tertiary/aromatic N) is 2. The van der Waals surface area contributed by atoms with Crippen molar-refractivity contribution in [2.75, 3.05) is 24.5 Å². The highest BCUT2D eigenvalue weighted by Gasteiger charge is 2.20. The molecule has 1 amide bonds. The van der Waals surface area contributed by atoms with Crippen molar-refractivity contribution in [3.05, 3.63) is 23.9 Å². The Morgan fingerprint density at radius 1 is 1.45 bits per heavy atom. The highest BCUT2D eigenvalue weighted by molar-refractivity contribution is 5.92. The first-order valence-corrected chi connectivity index (χ1v) is 7.31. The number of nitrogens with two attached hydrogens (primary N) is 1. The molecule has 2 heterocycles. The topological polar surface area (TPSA) is 71.2 Å². The van der Waals surface area contributed by atoms with E-state index in [-0.39, 0.29) is 0 Å². The maximum Gasteiger partial charge on any atom is 0.250 e. The normalized spacial score (nSPS) is 16.4. The van der Waals surface area contributed by atoms with E-state index in [9.17, 15) is 4.79 Å². The summed E-state index contributed by atoms with van der Waals surface area (Å²) in [5, 5.41) is 3.39. The number of pyridine rings is 1. The molecular formula is C15H24N4O. The van der Waals surface area contributed by atoms with Gasteiger partial charge in [-0.05, 0) is 57.8 Å². The molecule has 1 saturated heterocycles.